The van der Waals surface area contributed by atoms with Gasteiger partial charge < -0.3 is 0 Å². The Hall–Kier alpha value is -1.30. The van der Waals surface area contributed by atoms with Crippen LogP contribution in [0.1, 0.15) is 66.2 Å². The Kier molecular flexibility index (Phi) is 7.36. The van der Waals surface area contributed by atoms with Gasteiger partial charge in [0.25, 0.3) is 0 Å². The van der Waals surface area contributed by atoms with E-state index in [9.17, 15) is 0 Å². The normalized spacial score (nSPS) is 29.6. The number of rotatable bonds is 1. The molecule has 0 aromatic rings. The van der Waals surface area contributed by atoms with Gasteiger partial charge in [-0.05, 0) is 71.8 Å². The molecule has 0 saturated heterocycles. The van der Waals surface area contributed by atoms with Gasteiger partial charge in [0.2, 0.25) is 0 Å². The van der Waals surface area contributed by atoms with E-state index in [0.717, 1.165) is 25.7 Å². The second-order valence-corrected chi connectivity index (χ2v) is 6.16. The summed E-state index contributed by atoms with van der Waals surface area (Å²) in [6.45, 7) is 13.0. The van der Waals surface area contributed by atoms with Gasteiger partial charge in [0.05, 0.1) is 0 Å². The molecule has 0 heteroatoms. The van der Waals surface area contributed by atoms with Crippen LogP contribution < -0.4 is 0 Å². The second kappa shape index (κ2) is 8.79. The molecule has 0 spiro atoms. The first-order valence-electron chi connectivity index (χ1n) is 7.82. The van der Waals surface area contributed by atoms with Crippen molar-refractivity contribution >= 4 is 0 Å². The van der Waals surface area contributed by atoms with Crippen LogP contribution in [0.5, 0.6) is 0 Å². The molecule has 0 N–H and O–H groups in total. The quantitative estimate of drug-likeness (QED) is 0.466. The minimum absolute atomic E-state index is 1.11. The van der Waals surface area contributed by atoms with Crippen LogP contribution in [0.3, 0.4) is 0 Å². The lowest BCUT2D eigenvalue weighted by molar-refractivity contribution is 0.885. The standard InChI is InChI=1S/C20H30/c1-16(2)20-14-12-18(4)10-6-8-17(3)9-7-11-19(5)13-15-20/h8,11-12,14H,1,6-7,9-10,13,15H2,2-5H3/b17-8+,18-12+,19-11+,20-14-. The van der Waals surface area contributed by atoms with E-state index in [1.54, 1.807) is 0 Å². The Bertz CT molecular complexity index is 452. The van der Waals surface area contributed by atoms with Gasteiger partial charge >= 0.3 is 0 Å². The third-order valence-corrected chi connectivity index (χ3v) is 3.97. The van der Waals surface area contributed by atoms with Crippen LogP contribution in [0.2, 0.25) is 0 Å². The molecule has 1 aliphatic carbocycles. The van der Waals surface area contributed by atoms with Gasteiger partial charge in [-0.1, -0.05) is 53.2 Å². The molecule has 0 aromatic heterocycles. The maximum absolute atomic E-state index is 4.11. The summed E-state index contributed by atoms with van der Waals surface area (Å²) in [6, 6.07) is 0. The highest BCUT2D eigenvalue weighted by atomic mass is 14.1. The summed E-state index contributed by atoms with van der Waals surface area (Å²) < 4.78 is 0. The lowest BCUT2D eigenvalue weighted by Crippen LogP contribution is -1.88. The molecular weight excluding hydrogens is 240 g/mol. The van der Waals surface area contributed by atoms with Gasteiger partial charge in [-0.15, -0.1) is 0 Å². The summed E-state index contributed by atoms with van der Waals surface area (Å²) in [6.07, 6.45) is 16.3. The van der Waals surface area contributed by atoms with Crippen molar-refractivity contribution in [2.24, 2.45) is 0 Å². The average Bonchev–Trinajstić information content (AvgIpc) is 2.37. The molecule has 0 nitrogen and oxygen atoms in total. The summed E-state index contributed by atoms with van der Waals surface area (Å²) in [5.74, 6) is 0. The second-order valence-electron chi connectivity index (χ2n) is 6.16. The maximum atomic E-state index is 4.11. The van der Waals surface area contributed by atoms with Gasteiger partial charge in [0, 0.05) is 0 Å². The van der Waals surface area contributed by atoms with E-state index in [-0.39, 0.29) is 0 Å². The largest absolute Gasteiger partial charge is 0.0958 e. The Balaban J connectivity index is 2.90. The third-order valence-electron chi connectivity index (χ3n) is 3.97. The zero-order valence-electron chi connectivity index (χ0n) is 13.8. The maximum Gasteiger partial charge on any atom is -0.0239 e. The molecule has 20 heavy (non-hydrogen) atoms. The van der Waals surface area contributed by atoms with E-state index >= 15 is 0 Å². The zero-order chi connectivity index (χ0) is 15.0. The molecule has 0 atom stereocenters. The van der Waals surface area contributed by atoms with Crippen molar-refractivity contribution in [3.8, 4) is 0 Å². The lowest BCUT2D eigenvalue weighted by atomic mass is 9.98. The molecule has 0 bridgehead atoms. The number of allylic oxidation sites excluding steroid dienone is 9. The number of hydrogen-bond donors (Lipinski definition) is 0. The Morgan fingerprint density at radius 1 is 0.800 bits per heavy atom. The van der Waals surface area contributed by atoms with Crippen LogP contribution in [0, 0.1) is 0 Å². The summed E-state index contributed by atoms with van der Waals surface area (Å²) in [5.41, 5.74) is 7.07. The fourth-order valence-electron chi connectivity index (χ4n) is 2.39. The topological polar surface area (TPSA) is 0 Å². The summed E-state index contributed by atoms with van der Waals surface area (Å²) in [5, 5.41) is 0. The van der Waals surface area contributed by atoms with E-state index in [2.05, 4.69) is 58.6 Å². The van der Waals surface area contributed by atoms with Gasteiger partial charge in [-0.25, -0.2) is 0 Å². The molecule has 0 aromatic carbocycles. The number of hydrogen-bond acceptors (Lipinski definition) is 0. The first-order chi connectivity index (χ1) is 9.49. The van der Waals surface area contributed by atoms with Crippen molar-refractivity contribution < 1.29 is 0 Å². The average molecular weight is 270 g/mol. The molecule has 0 fully saturated rings. The highest BCUT2D eigenvalue weighted by molar-refractivity contribution is 5.31. The molecule has 0 unspecified atom stereocenters. The molecule has 0 radical (unpaired) electrons. The molecule has 1 rings (SSSR count). The monoisotopic (exact) mass is 270 g/mol. The Labute approximate surface area is 125 Å². The minimum Gasteiger partial charge on any atom is -0.0958 e. The van der Waals surface area contributed by atoms with Crippen LogP contribution in [-0.4, -0.2) is 0 Å². The molecule has 1 aliphatic rings. The molecular formula is C20H30. The van der Waals surface area contributed by atoms with Crippen LogP contribution in [0.15, 0.2) is 58.7 Å². The third kappa shape index (κ3) is 6.75. The lowest BCUT2D eigenvalue weighted by Gasteiger charge is -2.08. The summed E-state index contributed by atoms with van der Waals surface area (Å²) in [7, 11) is 0. The molecule has 110 valence electrons. The van der Waals surface area contributed by atoms with E-state index in [4.69, 9.17) is 0 Å². The van der Waals surface area contributed by atoms with E-state index in [1.807, 2.05) is 0 Å². The predicted octanol–water partition coefficient (Wildman–Crippen LogP) is 6.68. The van der Waals surface area contributed by atoms with Crippen molar-refractivity contribution in [1.82, 2.24) is 0 Å². The SMILES string of the molecule is C=C(C)/C1=C\C=C(/C)CC/C=C(\C)CC/C=C(\C)CC1. The summed E-state index contributed by atoms with van der Waals surface area (Å²) in [4.78, 5) is 0. The zero-order valence-corrected chi connectivity index (χ0v) is 13.8. The minimum atomic E-state index is 1.11. The Morgan fingerprint density at radius 3 is 1.95 bits per heavy atom. The van der Waals surface area contributed by atoms with Gasteiger partial charge in [0.1, 0.15) is 0 Å². The van der Waals surface area contributed by atoms with Crippen LogP contribution >= 0.6 is 0 Å². The molecule has 0 amide bonds. The smallest absolute Gasteiger partial charge is 0.0239 e. The molecule has 0 heterocycles. The highest BCUT2D eigenvalue weighted by Gasteiger charge is 2.00. The van der Waals surface area contributed by atoms with Crippen molar-refractivity contribution in [1.29, 1.82) is 0 Å². The van der Waals surface area contributed by atoms with Gasteiger partial charge in [-0.2, -0.15) is 0 Å². The van der Waals surface area contributed by atoms with Crippen molar-refractivity contribution in [3.05, 3.63) is 58.7 Å². The van der Waals surface area contributed by atoms with Crippen molar-refractivity contribution in [3.63, 3.8) is 0 Å². The Morgan fingerprint density at radius 2 is 1.35 bits per heavy atom. The van der Waals surface area contributed by atoms with Gasteiger partial charge in [0.15, 0.2) is 0 Å². The van der Waals surface area contributed by atoms with Gasteiger partial charge in [-0.3, -0.25) is 0 Å². The predicted molar refractivity (Wildman–Crippen MR) is 91.9 cm³/mol. The fraction of sp³-hybridized carbons (Fsp3) is 0.500. The van der Waals surface area contributed by atoms with Crippen LogP contribution in [0.25, 0.3) is 0 Å². The van der Waals surface area contributed by atoms with E-state index < -0.39 is 0 Å². The first-order valence-corrected chi connectivity index (χ1v) is 7.82. The molecule has 0 saturated carbocycles. The van der Waals surface area contributed by atoms with Crippen molar-refractivity contribution in [2.45, 2.75) is 66.2 Å². The first kappa shape index (κ1) is 16.8. The van der Waals surface area contributed by atoms with Crippen LogP contribution in [0.4, 0.5) is 0 Å². The highest BCUT2D eigenvalue weighted by Crippen LogP contribution is 2.20. The van der Waals surface area contributed by atoms with Crippen LogP contribution in [-0.2, 0) is 0 Å². The van der Waals surface area contributed by atoms with E-state index in [1.165, 1.54) is 40.7 Å². The van der Waals surface area contributed by atoms with E-state index in [0.29, 0.717) is 0 Å². The fourth-order valence-corrected chi connectivity index (χ4v) is 2.39. The molecule has 0 aliphatic heterocycles. The summed E-state index contributed by atoms with van der Waals surface area (Å²) >= 11 is 0. The van der Waals surface area contributed by atoms with Crippen molar-refractivity contribution in [2.75, 3.05) is 0 Å².